The average molecular weight is 291 g/mol. The lowest BCUT2D eigenvalue weighted by molar-refractivity contribution is 0.435. The van der Waals surface area contributed by atoms with E-state index in [0.29, 0.717) is 18.7 Å². The Balaban J connectivity index is 2.26. The summed E-state index contributed by atoms with van der Waals surface area (Å²) in [6.45, 7) is 5.83. The summed E-state index contributed by atoms with van der Waals surface area (Å²) in [6, 6.07) is 6.51. The number of nitrogens with zero attached hydrogens (tertiary/aromatic N) is 2. The molecular formula is C16H22FN3O. The minimum Gasteiger partial charge on any atom is -0.308 e. The van der Waals surface area contributed by atoms with Gasteiger partial charge in [-0.25, -0.2) is 9.18 Å². The van der Waals surface area contributed by atoms with E-state index in [0.717, 1.165) is 13.0 Å². The molecule has 1 atom stereocenters. The molecule has 1 N–H and O–H groups in total. The standard InChI is InChI=1S/C16H22FN3O/c1-3-9-18-15(13-7-5-6-8-14(13)17)12-20-11-10-19(4-2)16(20)21/h5-8,10-11,15,18H,3-4,9,12H2,1-2H3. The number of benzene rings is 1. The predicted octanol–water partition coefficient (Wildman–Crippen LogP) is 2.55. The molecule has 0 spiro atoms. The van der Waals surface area contributed by atoms with Crippen molar-refractivity contribution >= 4 is 0 Å². The largest absolute Gasteiger partial charge is 0.328 e. The molecule has 0 fully saturated rings. The molecule has 4 nitrogen and oxygen atoms in total. The summed E-state index contributed by atoms with van der Waals surface area (Å²) in [5.74, 6) is -0.242. The van der Waals surface area contributed by atoms with E-state index in [-0.39, 0.29) is 17.5 Å². The number of nitrogens with one attached hydrogen (secondary N) is 1. The SMILES string of the molecule is CCCNC(Cn1ccn(CC)c1=O)c1ccccc1F. The quantitative estimate of drug-likeness (QED) is 0.851. The van der Waals surface area contributed by atoms with Crippen LogP contribution in [-0.2, 0) is 13.1 Å². The van der Waals surface area contributed by atoms with Gasteiger partial charge in [0.2, 0.25) is 0 Å². The fourth-order valence-corrected chi connectivity index (χ4v) is 2.38. The first-order valence-corrected chi connectivity index (χ1v) is 7.40. The third-order valence-corrected chi connectivity index (χ3v) is 3.56. The number of aromatic nitrogens is 2. The van der Waals surface area contributed by atoms with Crippen LogP contribution in [0.4, 0.5) is 4.39 Å². The molecule has 0 aliphatic rings. The van der Waals surface area contributed by atoms with Gasteiger partial charge in [-0.3, -0.25) is 9.13 Å². The molecule has 2 rings (SSSR count). The number of halogens is 1. The highest BCUT2D eigenvalue weighted by Gasteiger charge is 2.16. The number of aryl methyl sites for hydroxylation is 1. The molecule has 0 saturated carbocycles. The van der Waals surface area contributed by atoms with Crippen molar-refractivity contribution in [3.05, 3.63) is 58.5 Å². The van der Waals surface area contributed by atoms with E-state index in [2.05, 4.69) is 12.2 Å². The van der Waals surface area contributed by atoms with Crippen LogP contribution in [0.15, 0.2) is 41.5 Å². The molecule has 0 amide bonds. The van der Waals surface area contributed by atoms with Crippen LogP contribution < -0.4 is 11.0 Å². The summed E-state index contributed by atoms with van der Waals surface area (Å²) < 4.78 is 17.3. The van der Waals surface area contributed by atoms with E-state index < -0.39 is 0 Å². The normalized spacial score (nSPS) is 12.5. The maximum absolute atomic E-state index is 14.0. The summed E-state index contributed by atoms with van der Waals surface area (Å²) in [4.78, 5) is 12.1. The highest BCUT2D eigenvalue weighted by Crippen LogP contribution is 2.18. The van der Waals surface area contributed by atoms with E-state index in [4.69, 9.17) is 0 Å². The topological polar surface area (TPSA) is 39.0 Å². The Morgan fingerprint density at radius 2 is 1.90 bits per heavy atom. The number of hydrogen-bond donors (Lipinski definition) is 1. The van der Waals surface area contributed by atoms with Gasteiger partial charge in [-0.1, -0.05) is 25.1 Å². The van der Waals surface area contributed by atoms with Crippen molar-refractivity contribution in [3.63, 3.8) is 0 Å². The van der Waals surface area contributed by atoms with E-state index in [1.807, 2.05) is 13.0 Å². The van der Waals surface area contributed by atoms with Crippen molar-refractivity contribution < 1.29 is 4.39 Å². The van der Waals surface area contributed by atoms with Crippen molar-refractivity contribution in [3.8, 4) is 0 Å². The van der Waals surface area contributed by atoms with Gasteiger partial charge in [0.1, 0.15) is 5.82 Å². The van der Waals surface area contributed by atoms with Gasteiger partial charge in [0.25, 0.3) is 0 Å². The molecule has 114 valence electrons. The highest BCUT2D eigenvalue weighted by molar-refractivity contribution is 5.21. The Morgan fingerprint density at radius 1 is 1.19 bits per heavy atom. The van der Waals surface area contributed by atoms with E-state index in [9.17, 15) is 9.18 Å². The summed E-state index contributed by atoms with van der Waals surface area (Å²) in [5.41, 5.74) is 0.541. The van der Waals surface area contributed by atoms with Crippen molar-refractivity contribution in [2.24, 2.45) is 0 Å². The van der Waals surface area contributed by atoms with Gasteiger partial charge in [-0.05, 0) is 26.0 Å². The molecule has 0 aliphatic heterocycles. The van der Waals surface area contributed by atoms with Crippen LogP contribution in [0.5, 0.6) is 0 Å². The molecule has 2 aromatic rings. The Kier molecular flexibility index (Phi) is 5.33. The van der Waals surface area contributed by atoms with Crippen molar-refractivity contribution in [2.75, 3.05) is 6.54 Å². The summed E-state index contributed by atoms with van der Waals surface area (Å²) in [7, 11) is 0. The van der Waals surface area contributed by atoms with Gasteiger partial charge in [0.15, 0.2) is 0 Å². The molecule has 1 aromatic carbocycles. The smallest absolute Gasteiger partial charge is 0.308 e. The lowest BCUT2D eigenvalue weighted by atomic mass is 10.1. The first-order valence-electron chi connectivity index (χ1n) is 7.40. The average Bonchev–Trinajstić information content (AvgIpc) is 2.84. The van der Waals surface area contributed by atoms with Crippen molar-refractivity contribution in [1.82, 2.24) is 14.5 Å². The zero-order valence-electron chi connectivity index (χ0n) is 12.6. The Labute approximate surface area is 124 Å². The van der Waals surface area contributed by atoms with Crippen molar-refractivity contribution in [2.45, 2.75) is 39.4 Å². The van der Waals surface area contributed by atoms with Crippen LogP contribution in [0.25, 0.3) is 0 Å². The Morgan fingerprint density at radius 3 is 2.52 bits per heavy atom. The molecule has 21 heavy (non-hydrogen) atoms. The Hall–Kier alpha value is -1.88. The summed E-state index contributed by atoms with van der Waals surface area (Å²) >= 11 is 0. The molecule has 1 unspecified atom stereocenters. The van der Waals surface area contributed by atoms with Crippen LogP contribution in [0.2, 0.25) is 0 Å². The molecule has 0 aliphatic carbocycles. The lowest BCUT2D eigenvalue weighted by Crippen LogP contribution is -2.32. The molecule has 1 aromatic heterocycles. The number of imidazole rings is 1. The second-order valence-corrected chi connectivity index (χ2v) is 5.05. The lowest BCUT2D eigenvalue weighted by Gasteiger charge is -2.19. The molecule has 5 heteroatoms. The molecule has 1 heterocycles. The van der Waals surface area contributed by atoms with Crippen LogP contribution >= 0.6 is 0 Å². The fraction of sp³-hybridized carbons (Fsp3) is 0.438. The summed E-state index contributed by atoms with van der Waals surface area (Å²) in [6.07, 6.45) is 4.48. The third kappa shape index (κ3) is 3.61. The van der Waals surface area contributed by atoms with Crippen LogP contribution in [0, 0.1) is 5.82 Å². The number of hydrogen-bond acceptors (Lipinski definition) is 2. The van der Waals surface area contributed by atoms with Crippen LogP contribution in [0.3, 0.4) is 0 Å². The van der Waals surface area contributed by atoms with Gasteiger partial charge < -0.3 is 5.32 Å². The van der Waals surface area contributed by atoms with Crippen molar-refractivity contribution in [1.29, 1.82) is 0 Å². The predicted molar refractivity (Wildman–Crippen MR) is 81.8 cm³/mol. The molecular weight excluding hydrogens is 269 g/mol. The second kappa shape index (κ2) is 7.22. The molecule has 0 bridgehead atoms. The highest BCUT2D eigenvalue weighted by atomic mass is 19.1. The minimum absolute atomic E-state index is 0.0582. The monoisotopic (exact) mass is 291 g/mol. The maximum atomic E-state index is 14.0. The van der Waals surface area contributed by atoms with E-state index in [1.54, 1.807) is 33.7 Å². The maximum Gasteiger partial charge on any atom is 0.328 e. The third-order valence-electron chi connectivity index (χ3n) is 3.56. The van der Waals surface area contributed by atoms with Gasteiger partial charge in [0, 0.05) is 31.0 Å². The van der Waals surface area contributed by atoms with E-state index in [1.165, 1.54) is 6.07 Å². The second-order valence-electron chi connectivity index (χ2n) is 5.05. The van der Waals surface area contributed by atoms with Gasteiger partial charge >= 0.3 is 5.69 Å². The van der Waals surface area contributed by atoms with Crippen LogP contribution in [0.1, 0.15) is 31.9 Å². The molecule has 0 saturated heterocycles. The van der Waals surface area contributed by atoms with Gasteiger partial charge in [0.05, 0.1) is 6.04 Å². The minimum atomic E-state index is -0.242. The molecule has 0 radical (unpaired) electrons. The van der Waals surface area contributed by atoms with Gasteiger partial charge in [-0.15, -0.1) is 0 Å². The van der Waals surface area contributed by atoms with Crippen LogP contribution in [-0.4, -0.2) is 15.7 Å². The van der Waals surface area contributed by atoms with Gasteiger partial charge in [-0.2, -0.15) is 0 Å². The fourth-order valence-electron chi connectivity index (χ4n) is 2.38. The first kappa shape index (κ1) is 15.5. The summed E-state index contributed by atoms with van der Waals surface area (Å²) in [5, 5.41) is 3.32. The Bertz CT molecular complexity index is 632. The zero-order chi connectivity index (χ0) is 15.2. The first-order chi connectivity index (χ1) is 10.2. The number of rotatable bonds is 7. The van der Waals surface area contributed by atoms with E-state index >= 15 is 0 Å². The zero-order valence-corrected chi connectivity index (χ0v) is 12.6.